The van der Waals surface area contributed by atoms with E-state index in [4.69, 9.17) is 24.2 Å². The van der Waals surface area contributed by atoms with Gasteiger partial charge in [0, 0.05) is 37.0 Å². The van der Waals surface area contributed by atoms with Crippen molar-refractivity contribution in [3.63, 3.8) is 0 Å². The van der Waals surface area contributed by atoms with E-state index in [1.165, 1.54) is 18.3 Å². The van der Waals surface area contributed by atoms with Crippen LogP contribution in [0.2, 0.25) is 5.02 Å². The summed E-state index contributed by atoms with van der Waals surface area (Å²) < 4.78 is 21.2. The fraction of sp³-hybridized carbons (Fsp3) is 0.379. The van der Waals surface area contributed by atoms with Gasteiger partial charge in [0.2, 0.25) is 0 Å². The van der Waals surface area contributed by atoms with Gasteiger partial charge in [0.15, 0.2) is 0 Å². The predicted molar refractivity (Wildman–Crippen MR) is 153 cm³/mol. The van der Waals surface area contributed by atoms with Crippen molar-refractivity contribution in [1.29, 1.82) is 5.26 Å². The zero-order valence-electron chi connectivity index (χ0n) is 22.1. The molecule has 1 saturated carbocycles. The number of aromatic nitrogens is 4. The summed E-state index contributed by atoms with van der Waals surface area (Å²) in [6, 6.07) is 12.2. The summed E-state index contributed by atoms with van der Waals surface area (Å²) in [5.41, 5.74) is 2.00. The molecule has 2 aliphatic rings. The van der Waals surface area contributed by atoms with Crippen molar-refractivity contribution in [2.75, 3.05) is 30.4 Å². The third-order valence-electron chi connectivity index (χ3n) is 7.91. The number of hydrogen-bond donors (Lipinski definition) is 2. The second-order valence-corrected chi connectivity index (χ2v) is 11.5. The molecule has 1 aliphatic heterocycles. The average Bonchev–Trinajstić information content (AvgIpc) is 3.68. The largest absolute Gasteiger partial charge is 0.383 e. The Hall–Kier alpha value is -3.68. The van der Waals surface area contributed by atoms with Crippen molar-refractivity contribution in [3.8, 4) is 6.07 Å². The van der Waals surface area contributed by atoms with Gasteiger partial charge in [0.25, 0.3) is 0 Å². The van der Waals surface area contributed by atoms with Crippen molar-refractivity contribution >= 4 is 41.7 Å². The van der Waals surface area contributed by atoms with E-state index in [0.717, 1.165) is 25.7 Å². The molecule has 11 heteroatoms. The van der Waals surface area contributed by atoms with Gasteiger partial charge in [-0.1, -0.05) is 35.9 Å². The number of fused-ring (bicyclic) bond motifs is 1. The number of nitrogens with zero attached hydrogens (tertiary/aromatic N) is 5. The lowest BCUT2D eigenvalue weighted by Crippen LogP contribution is -2.37. The molecule has 2 fully saturated rings. The molecule has 0 spiro atoms. The number of rotatable bonds is 8. The van der Waals surface area contributed by atoms with Gasteiger partial charge in [-0.05, 0) is 60.9 Å². The van der Waals surface area contributed by atoms with Crippen LogP contribution in [-0.2, 0) is 10.2 Å². The zero-order valence-corrected chi connectivity index (χ0v) is 22.9. The lowest BCUT2D eigenvalue weighted by atomic mass is 9.69. The lowest BCUT2D eigenvalue weighted by Gasteiger charge is -2.34. The van der Waals surface area contributed by atoms with Gasteiger partial charge < -0.3 is 15.4 Å². The van der Waals surface area contributed by atoms with E-state index in [-0.39, 0.29) is 11.2 Å². The van der Waals surface area contributed by atoms with Crippen LogP contribution in [0.15, 0.2) is 48.8 Å². The molecule has 40 heavy (non-hydrogen) atoms. The highest BCUT2D eigenvalue weighted by Gasteiger charge is 2.34. The number of pyridine rings is 1. The third-order valence-corrected chi connectivity index (χ3v) is 8.20. The van der Waals surface area contributed by atoms with Gasteiger partial charge in [0.1, 0.15) is 25.4 Å². The SMILES string of the molecule is [B]C(Nc1cc(Cl)c2ncc(C#N)c(NCC3(C)CCOCC3)c2c1)(c1ccc(F)cc1)c1cn(C2CC2)nn1. The summed E-state index contributed by atoms with van der Waals surface area (Å²) in [5, 5.41) is 26.6. The van der Waals surface area contributed by atoms with Crippen molar-refractivity contribution in [2.24, 2.45) is 5.41 Å². The Kier molecular flexibility index (Phi) is 6.89. The van der Waals surface area contributed by atoms with Gasteiger partial charge >= 0.3 is 0 Å². The van der Waals surface area contributed by atoms with Crippen LogP contribution in [0.25, 0.3) is 10.9 Å². The molecule has 0 amide bonds. The van der Waals surface area contributed by atoms with Gasteiger partial charge in [-0.25, -0.2) is 9.07 Å². The fourth-order valence-electron chi connectivity index (χ4n) is 5.15. The third kappa shape index (κ3) is 5.12. The average molecular weight is 556 g/mol. The Bertz CT molecular complexity index is 1590. The maximum absolute atomic E-state index is 13.8. The number of hydrogen-bond acceptors (Lipinski definition) is 7. The fourth-order valence-corrected chi connectivity index (χ4v) is 5.42. The highest BCUT2D eigenvalue weighted by atomic mass is 35.5. The minimum Gasteiger partial charge on any atom is -0.383 e. The molecule has 1 atom stereocenters. The van der Waals surface area contributed by atoms with Crippen LogP contribution in [0.1, 0.15) is 55.5 Å². The molecule has 2 N–H and O–H groups in total. The first-order chi connectivity index (χ1) is 19.3. The first kappa shape index (κ1) is 26.5. The Morgan fingerprint density at radius 3 is 2.70 bits per heavy atom. The lowest BCUT2D eigenvalue weighted by molar-refractivity contribution is 0.0300. The molecule has 0 bridgehead atoms. The second-order valence-electron chi connectivity index (χ2n) is 11.0. The molecule has 2 radical (unpaired) electrons. The maximum Gasteiger partial charge on any atom is 0.123 e. The summed E-state index contributed by atoms with van der Waals surface area (Å²) in [4.78, 5) is 4.48. The van der Waals surface area contributed by atoms with Gasteiger partial charge in [0.05, 0.1) is 39.5 Å². The van der Waals surface area contributed by atoms with Crippen LogP contribution >= 0.6 is 11.6 Å². The predicted octanol–water partition coefficient (Wildman–Crippen LogP) is 5.54. The second kappa shape index (κ2) is 10.4. The van der Waals surface area contributed by atoms with Gasteiger partial charge in [-0.15, -0.1) is 5.10 Å². The highest BCUT2D eigenvalue weighted by Crippen LogP contribution is 2.39. The quantitative estimate of drug-likeness (QED) is 0.276. The zero-order chi connectivity index (χ0) is 27.9. The van der Waals surface area contributed by atoms with Crippen LogP contribution in [0, 0.1) is 22.6 Å². The van der Waals surface area contributed by atoms with E-state index in [1.54, 1.807) is 18.2 Å². The number of benzene rings is 2. The van der Waals surface area contributed by atoms with Crippen LogP contribution in [-0.4, -0.2) is 47.6 Å². The summed E-state index contributed by atoms with van der Waals surface area (Å²) in [6.45, 7) is 4.32. The Labute approximate surface area is 238 Å². The highest BCUT2D eigenvalue weighted by molar-refractivity contribution is 6.36. The first-order valence-corrected chi connectivity index (χ1v) is 13.8. The van der Waals surface area contributed by atoms with Crippen molar-refractivity contribution in [2.45, 2.75) is 44.1 Å². The molecule has 6 rings (SSSR count). The standard InChI is InChI=1S/C29H28BClFN7O/c1-28(8-10-40-11-9-28)17-35-26-18(14-33)15-34-27-23(26)12-21(13-24(27)31)36-29(30,19-2-4-20(32)5-3-19)25-16-39(38-37-25)22-6-7-22/h2-5,12-13,15-16,22,36H,6-11,17H2,1H3,(H,34,35). The van der Waals surface area contributed by atoms with Crippen molar-refractivity contribution in [3.05, 3.63) is 76.5 Å². The summed E-state index contributed by atoms with van der Waals surface area (Å²) in [7, 11) is 7.03. The molecule has 1 unspecified atom stereocenters. The number of halogens is 2. The van der Waals surface area contributed by atoms with Crippen LogP contribution < -0.4 is 10.6 Å². The van der Waals surface area contributed by atoms with Crippen LogP contribution in [0.3, 0.4) is 0 Å². The Morgan fingerprint density at radius 1 is 1.25 bits per heavy atom. The molecule has 3 heterocycles. The molecule has 8 nitrogen and oxygen atoms in total. The van der Waals surface area contributed by atoms with Crippen molar-refractivity contribution < 1.29 is 9.13 Å². The first-order valence-electron chi connectivity index (χ1n) is 13.4. The number of nitriles is 1. The number of nitrogens with one attached hydrogen (secondary N) is 2. The summed E-state index contributed by atoms with van der Waals surface area (Å²) >= 11 is 6.75. The molecular weight excluding hydrogens is 528 g/mol. The molecule has 202 valence electrons. The van der Waals surface area contributed by atoms with Gasteiger partial charge in [-0.3, -0.25) is 4.98 Å². The summed E-state index contributed by atoms with van der Waals surface area (Å²) in [5.74, 6) is -0.370. The van der Waals surface area contributed by atoms with E-state index in [9.17, 15) is 9.65 Å². The van der Waals surface area contributed by atoms with E-state index >= 15 is 0 Å². The molecule has 2 aromatic heterocycles. The maximum atomic E-state index is 13.8. The Balaban J connectivity index is 1.41. The molecular formula is C29H28BClFN7O. The van der Waals surface area contributed by atoms with E-state index < -0.39 is 5.44 Å². The minimum absolute atomic E-state index is 0.0304. The Morgan fingerprint density at radius 2 is 2.00 bits per heavy atom. The topological polar surface area (TPSA) is 101 Å². The summed E-state index contributed by atoms with van der Waals surface area (Å²) in [6.07, 6.45) is 7.30. The molecule has 2 aromatic carbocycles. The smallest absolute Gasteiger partial charge is 0.123 e. The normalized spacial score (nSPS) is 18.1. The molecule has 4 aromatic rings. The van der Waals surface area contributed by atoms with E-state index in [2.05, 4.69) is 38.9 Å². The monoisotopic (exact) mass is 555 g/mol. The van der Waals surface area contributed by atoms with Crippen LogP contribution in [0.4, 0.5) is 15.8 Å². The number of ether oxygens (including phenoxy) is 1. The van der Waals surface area contributed by atoms with E-state index in [1.807, 2.05) is 16.9 Å². The van der Waals surface area contributed by atoms with Crippen LogP contribution in [0.5, 0.6) is 0 Å². The van der Waals surface area contributed by atoms with Crippen molar-refractivity contribution in [1.82, 2.24) is 20.0 Å². The van der Waals surface area contributed by atoms with Gasteiger partial charge in [-0.2, -0.15) is 5.26 Å². The van der Waals surface area contributed by atoms with E-state index in [0.29, 0.717) is 69.9 Å². The molecule has 1 saturated heterocycles. The molecule has 1 aliphatic carbocycles. The number of anilines is 2. The minimum atomic E-state index is -1.35.